The molecule has 0 heterocycles. The number of unbranched alkanes of at least 4 members (excludes halogenated alkanes) is 1. The summed E-state index contributed by atoms with van der Waals surface area (Å²) in [6, 6.07) is 2.88. The standard InChI is InChI=1S/C27H57N3O5Si2.2C12H26N2O.C10H22O4Si.C9H18O5Si.C8H16N2O.2ClH/c1-11-23(25(32)28-16-14-18-30(6)13-3)22-27(4,5)26(33)29-17-15-20-36(7,8)35-37(9,10)21-19-34-24(31)12-2;1-6-11(7-2)12(15)13-9-8-10-14(3,4)5;1-5-11(6-2)12(15)13-9-8-10-14(4)7-3;1-5-10(11)8-6-7-9-15(12-2,13-3)14-4;1-8(2)9(10)14-6-5-7-15(11,12-3)13-4;1-5-8(11)9-6-7-10(2,3)4;;/h23H,11-22H2,1-10H3,(H,28,32)(H,29,33);11H,6-10H2,1-5H3;11H,5-10H2,1-4H3,(H,13,15);5-9H2,1-4H3;11H,1,5-7H2,2-4H3;5H,1,6-7H2,2-4H3;2*1H/p+1. The molecule has 0 radical (unpaired) electrons. The van der Waals surface area contributed by atoms with Crippen molar-refractivity contribution in [2.75, 3.05) is 177 Å². The Balaban J connectivity index is -0.000000170. The number of carbonyl (C=O) groups is 8. The fourth-order valence-electron chi connectivity index (χ4n) is 10.3. The van der Waals surface area contributed by atoms with Crippen molar-refractivity contribution in [2.45, 2.75) is 236 Å². The van der Waals surface area contributed by atoms with E-state index >= 15 is 0 Å². The van der Waals surface area contributed by atoms with Gasteiger partial charge in [-0.15, -0.1) is 0 Å². The highest BCUT2D eigenvalue weighted by Gasteiger charge is 2.38. The minimum atomic E-state index is -3.01. The lowest BCUT2D eigenvalue weighted by atomic mass is 9.80. The molecular weight excluding hydrogens is 1520 g/mol. The highest BCUT2D eigenvalue weighted by molar-refractivity contribution is 6.84. The third-order valence-corrected chi connectivity index (χ3v) is 30.5. The summed E-state index contributed by atoms with van der Waals surface area (Å²) < 4.78 is 44.1. The number of Topliss-reactive ketones (excluding diaryl/α,β-unsaturated/α-hetero) is 1. The van der Waals surface area contributed by atoms with Crippen LogP contribution in [0.4, 0.5) is 0 Å². The summed E-state index contributed by atoms with van der Waals surface area (Å²) in [4.78, 5) is 107. The fraction of sp³-hybridized carbons (Fsp3) is 0.846. The number of ketones is 1. The van der Waals surface area contributed by atoms with Gasteiger partial charge in [-0.05, 0) is 169 Å². The first-order chi connectivity index (χ1) is 50.2. The van der Waals surface area contributed by atoms with Gasteiger partial charge in [-0.2, -0.15) is 0 Å². The summed E-state index contributed by atoms with van der Waals surface area (Å²) in [5.74, 6) is 0.348. The molecule has 0 bridgehead atoms. The Morgan fingerprint density at radius 1 is 0.518 bits per heavy atom. The second-order valence-corrected chi connectivity index (χ2v) is 46.0. The maximum Gasteiger partial charge on any atom is 1.00 e. The minimum Gasteiger partial charge on any atom is -1.00 e. The van der Waals surface area contributed by atoms with E-state index in [9.17, 15) is 43.2 Å². The van der Waals surface area contributed by atoms with Gasteiger partial charge in [0.05, 0.1) is 75.1 Å². The highest BCUT2D eigenvalue weighted by Crippen LogP contribution is 2.29. The van der Waals surface area contributed by atoms with Crippen LogP contribution in [0, 0.1) is 23.2 Å². The fourth-order valence-corrected chi connectivity index (χ4v) is 21.6. The van der Waals surface area contributed by atoms with E-state index in [-0.39, 0.29) is 86.1 Å². The van der Waals surface area contributed by atoms with E-state index in [1.165, 1.54) is 20.3 Å². The van der Waals surface area contributed by atoms with Crippen LogP contribution in [0.3, 0.4) is 0 Å². The molecule has 32 heteroatoms. The van der Waals surface area contributed by atoms with E-state index in [0.29, 0.717) is 82.2 Å². The molecule has 0 fully saturated rings. The molecule has 0 saturated carbocycles. The molecule has 26 nitrogen and oxygen atoms in total. The Kier molecular flexibility index (Phi) is 78.6. The number of amides is 5. The highest BCUT2D eigenvalue weighted by atomic mass is 35.5. The second kappa shape index (κ2) is 70.8. The summed E-state index contributed by atoms with van der Waals surface area (Å²) in [5.41, 5.74) is -0.254. The summed E-state index contributed by atoms with van der Waals surface area (Å²) in [6.07, 6.45) is 14.1. The van der Waals surface area contributed by atoms with Crippen molar-refractivity contribution in [3.8, 4) is 0 Å². The summed E-state index contributed by atoms with van der Waals surface area (Å²) in [5, 5.41) is 14.9. The molecule has 1 atom stereocenters. The molecule has 0 aromatic heterocycles. The number of quaternary nitrogens is 2. The molecule has 5 amide bonds. The maximum absolute atomic E-state index is 13.0. The molecule has 0 spiro atoms. The quantitative estimate of drug-likeness (QED) is 0.0151. The van der Waals surface area contributed by atoms with Gasteiger partial charge >= 0.3 is 31.0 Å². The topological polar surface area (TPSA) is 297 Å². The number of hydrogen-bond acceptors (Lipinski definition) is 19. The Morgan fingerprint density at radius 2 is 0.945 bits per heavy atom. The smallest absolute Gasteiger partial charge is 1.00 e. The van der Waals surface area contributed by atoms with E-state index in [1.54, 1.807) is 35.2 Å². The van der Waals surface area contributed by atoms with Gasteiger partial charge in [0.25, 0.3) is 0 Å². The lowest BCUT2D eigenvalue weighted by Gasteiger charge is -2.34. The monoisotopic (exact) mass is 1690 g/mol. The molecule has 0 aliphatic rings. The van der Waals surface area contributed by atoms with Crippen molar-refractivity contribution < 1.29 is 114 Å². The predicted molar refractivity (Wildman–Crippen MR) is 452 cm³/mol. The number of nitrogens with zero attached hydrogens (tertiary/aromatic N) is 4. The van der Waals surface area contributed by atoms with Crippen LogP contribution in [0.5, 0.6) is 0 Å². The molecular formula is C78H168Cl2N9O17Si4+. The Labute approximate surface area is 689 Å². The van der Waals surface area contributed by atoms with Crippen LogP contribution in [0.25, 0.3) is 0 Å². The molecule has 0 aromatic rings. The van der Waals surface area contributed by atoms with E-state index < -0.39 is 45.6 Å². The molecule has 6 N–H and O–H groups in total. The van der Waals surface area contributed by atoms with Crippen molar-refractivity contribution in [3.05, 3.63) is 24.8 Å². The summed E-state index contributed by atoms with van der Waals surface area (Å²) in [7, 11) is 15.3. The number of halogens is 2. The summed E-state index contributed by atoms with van der Waals surface area (Å²) >= 11 is 0. The van der Waals surface area contributed by atoms with Crippen LogP contribution < -0.4 is 51.4 Å². The molecule has 656 valence electrons. The van der Waals surface area contributed by atoms with E-state index in [1.807, 2.05) is 27.7 Å². The Hall–Kier alpha value is -3.55. The largest absolute Gasteiger partial charge is 1.00 e. The van der Waals surface area contributed by atoms with Crippen molar-refractivity contribution in [2.24, 2.45) is 23.2 Å². The van der Waals surface area contributed by atoms with Crippen LogP contribution in [0.15, 0.2) is 24.8 Å². The van der Waals surface area contributed by atoms with Crippen LogP contribution in [-0.2, 0) is 74.1 Å². The van der Waals surface area contributed by atoms with E-state index in [0.717, 1.165) is 144 Å². The van der Waals surface area contributed by atoms with Gasteiger partial charge in [0.2, 0.25) is 29.5 Å². The first kappa shape index (κ1) is 122. The van der Waals surface area contributed by atoms with Gasteiger partial charge in [-0.25, -0.2) is 4.79 Å². The molecule has 1 unspecified atom stereocenters. The van der Waals surface area contributed by atoms with Gasteiger partial charge in [-0.3, -0.25) is 33.6 Å². The molecule has 0 saturated heterocycles. The maximum atomic E-state index is 13.0. The zero-order valence-corrected chi connectivity index (χ0v) is 80.6. The third kappa shape index (κ3) is 72.2. The van der Waals surface area contributed by atoms with Gasteiger partial charge < -0.3 is 111 Å². The number of likely N-dealkylation sites (N-methyl/N-ethyl adjacent to an activating group) is 1. The zero-order valence-electron chi connectivity index (χ0n) is 76.1. The number of carbonyl (C=O) groups excluding carboxylic acids is 8. The van der Waals surface area contributed by atoms with Crippen LogP contribution in [-0.4, -0.2) is 282 Å². The predicted octanol–water partition coefficient (Wildman–Crippen LogP) is 5.14. The van der Waals surface area contributed by atoms with Gasteiger partial charge in [0.15, 0.2) is 16.6 Å². The van der Waals surface area contributed by atoms with Crippen molar-refractivity contribution in [3.63, 3.8) is 0 Å². The number of hydrogen-bond donors (Lipinski definition) is 6. The molecule has 0 rings (SSSR count). The second-order valence-electron chi connectivity index (χ2n) is 31.3. The number of ether oxygens (including phenoxy) is 2. The number of esters is 2. The van der Waals surface area contributed by atoms with Crippen LogP contribution in [0.1, 0.15) is 187 Å². The molecule has 0 aliphatic carbocycles. The first-order valence-electron chi connectivity index (χ1n) is 39.9. The average Bonchev–Trinajstić information content (AvgIpc) is 0.861. The molecule has 110 heavy (non-hydrogen) atoms. The minimum absolute atomic E-state index is 0. The average molecular weight is 1690 g/mol. The van der Waals surface area contributed by atoms with Crippen LogP contribution >= 0.6 is 0 Å². The number of rotatable bonds is 55. The van der Waals surface area contributed by atoms with Crippen LogP contribution in [0.2, 0.25) is 50.4 Å². The lowest BCUT2D eigenvalue weighted by Crippen LogP contribution is -3.00. The molecule has 0 aromatic carbocycles. The van der Waals surface area contributed by atoms with E-state index in [2.05, 4.69) is 174 Å². The SMILES string of the molecule is C=C(C)C(=O)OCCC[Si](O)(OC)OC.C=CC(=O)NCC[N+](C)(C)C.CCC(=O)CCCC[Si](OC)(OC)OC.CCC(=O)OCC[Si](C)(C)O[Si](C)(C)CCCNC(=O)C(C)(C)CC(CC)C(=O)NCCCN(C)CC.CCC(CC)C(=O)NCCCN(C)CC.CCC(CC)C(=O)NCCC[N+](C)(C)C.[Cl-].[Cl-].[H+]. The Bertz CT molecular complexity index is 2400. The van der Waals surface area contributed by atoms with Gasteiger partial charge in [0.1, 0.15) is 5.78 Å². The van der Waals surface area contributed by atoms with E-state index in [4.69, 9.17) is 35.7 Å². The van der Waals surface area contributed by atoms with Crippen molar-refractivity contribution in [1.29, 1.82) is 0 Å². The zero-order chi connectivity index (χ0) is 84.8. The third-order valence-electron chi connectivity index (χ3n) is 18.1. The van der Waals surface area contributed by atoms with Gasteiger partial charge in [0, 0.05) is 128 Å². The normalized spacial score (nSPS) is 11.8. The number of nitrogens with one attached hydrogen (secondary N) is 5. The van der Waals surface area contributed by atoms with Gasteiger partial charge in [-0.1, -0.05) is 89.3 Å². The van der Waals surface area contributed by atoms with Crippen molar-refractivity contribution in [1.82, 2.24) is 36.4 Å². The van der Waals surface area contributed by atoms with Crippen molar-refractivity contribution >= 4 is 81.5 Å². The lowest BCUT2D eigenvalue weighted by molar-refractivity contribution is -0.870. The first-order valence-corrected chi connectivity index (χ1v) is 50.0. The Morgan fingerprint density at radius 3 is 1.33 bits per heavy atom. The summed E-state index contributed by atoms with van der Waals surface area (Å²) in [6.45, 7) is 49.6. The molecule has 0 aliphatic heterocycles.